The Kier molecular flexibility index (Phi) is 3.45. The van der Waals surface area contributed by atoms with Gasteiger partial charge in [0.2, 0.25) is 0 Å². The molecule has 3 N–H and O–H groups in total. The number of hydrogen-bond donors (Lipinski definition) is 2. The van der Waals surface area contributed by atoms with Crippen LogP contribution >= 0.6 is 23.2 Å². The number of nitrogens with two attached hydrogens (primary N) is 1. The summed E-state index contributed by atoms with van der Waals surface area (Å²) in [7, 11) is 0. The predicted molar refractivity (Wildman–Crippen MR) is 70.8 cm³/mol. The number of halogens is 2. The van der Waals surface area contributed by atoms with Crippen molar-refractivity contribution < 1.29 is 5.21 Å². The van der Waals surface area contributed by atoms with Gasteiger partial charge in [0.15, 0.2) is 5.84 Å². The molecular weight excluding hydrogens is 275 g/mol. The van der Waals surface area contributed by atoms with Gasteiger partial charge in [0.05, 0.1) is 16.4 Å². The highest BCUT2D eigenvalue weighted by atomic mass is 35.5. The molecule has 0 saturated carbocycles. The summed E-state index contributed by atoms with van der Waals surface area (Å²) in [5, 5.41) is 17.0. The third kappa shape index (κ3) is 2.27. The number of amidine groups is 1. The first kappa shape index (κ1) is 12.7. The first-order chi connectivity index (χ1) is 8.52. The van der Waals surface area contributed by atoms with E-state index in [-0.39, 0.29) is 5.84 Å². The number of nitrogens with zero attached hydrogens (tertiary/aromatic N) is 3. The second-order valence-corrected chi connectivity index (χ2v) is 4.50. The molecule has 0 saturated heterocycles. The molecule has 0 amide bonds. The van der Waals surface area contributed by atoms with Gasteiger partial charge in [0.25, 0.3) is 0 Å². The van der Waals surface area contributed by atoms with Crippen molar-refractivity contribution in [3.05, 3.63) is 45.7 Å². The predicted octanol–water partition coefficient (Wildman–Crippen LogP) is 2.58. The maximum absolute atomic E-state index is 8.76. The Morgan fingerprint density at radius 1 is 1.44 bits per heavy atom. The van der Waals surface area contributed by atoms with Crippen molar-refractivity contribution in [2.45, 2.75) is 6.92 Å². The van der Waals surface area contributed by atoms with Gasteiger partial charge in [-0.05, 0) is 25.1 Å². The molecule has 1 aromatic heterocycles. The van der Waals surface area contributed by atoms with Crippen LogP contribution in [0, 0.1) is 6.92 Å². The average Bonchev–Trinajstić information content (AvgIpc) is 2.68. The largest absolute Gasteiger partial charge is 0.409 e. The Balaban J connectivity index is 2.65. The van der Waals surface area contributed by atoms with Crippen molar-refractivity contribution in [1.82, 2.24) is 9.78 Å². The molecule has 0 aliphatic carbocycles. The lowest BCUT2D eigenvalue weighted by atomic mass is 10.1. The normalized spacial score (nSPS) is 11.8. The van der Waals surface area contributed by atoms with E-state index in [1.165, 1.54) is 4.68 Å². The Morgan fingerprint density at radius 2 is 2.17 bits per heavy atom. The van der Waals surface area contributed by atoms with Crippen LogP contribution in [0.3, 0.4) is 0 Å². The van der Waals surface area contributed by atoms with Crippen LogP contribution in [0.15, 0.2) is 29.6 Å². The molecule has 0 radical (unpaired) electrons. The van der Waals surface area contributed by atoms with Gasteiger partial charge in [-0.3, -0.25) is 0 Å². The molecule has 2 rings (SSSR count). The van der Waals surface area contributed by atoms with E-state index in [0.29, 0.717) is 27.0 Å². The molecule has 18 heavy (non-hydrogen) atoms. The second-order valence-electron chi connectivity index (χ2n) is 3.65. The fraction of sp³-hybridized carbons (Fsp3) is 0.0909. The molecule has 1 heterocycles. The van der Waals surface area contributed by atoms with Gasteiger partial charge < -0.3 is 10.9 Å². The molecular formula is C11H10Cl2N4O. The lowest BCUT2D eigenvalue weighted by Crippen LogP contribution is -2.16. The number of aryl methyl sites for hydroxylation is 1. The van der Waals surface area contributed by atoms with E-state index < -0.39 is 0 Å². The molecule has 0 aliphatic rings. The topological polar surface area (TPSA) is 76.4 Å². The van der Waals surface area contributed by atoms with Gasteiger partial charge in [0, 0.05) is 16.8 Å². The van der Waals surface area contributed by atoms with Crippen molar-refractivity contribution in [3.63, 3.8) is 0 Å². The van der Waals surface area contributed by atoms with Gasteiger partial charge in [-0.25, -0.2) is 4.68 Å². The van der Waals surface area contributed by atoms with Crippen LogP contribution in [0.5, 0.6) is 0 Å². The molecule has 0 spiro atoms. The van der Waals surface area contributed by atoms with Crippen LogP contribution in [-0.2, 0) is 0 Å². The molecule has 0 atom stereocenters. The van der Waals surface area contributed by atoms with Crippen LogP contribution in [0.25, 0.3) is 5.69 Å². The molecule has 0 fully saturated rings. The van der Waals surface area contributed by atoms with Crippen LogP contribution < -0.4 is 5.73 Å². The lowest BCUT2D eigenvalue weighted by molar-refractivity contribution is 0.318. The lowest BCUT2D eigenvalue weighted by Gasteiger charge is -2.08. The second kappa shape index (κ2) is 4.88. The summed E-state index contributed by atoms with van der Waals surface area (Å²) in [6.07, 6.45) is 1.64. The SMILES string of the molecule is Cc1nn(-c2cc(Cl)ccc2C(N)=NO)cc1Cl. The van der Waals surface area contributed by atoms with Crippen molar-refractivity contribution in [3.8, 4) is 5.69 Å². The standard InChI is InChI=1S/C11H10Cl2N4O/c1-6-9(13)5-17(15-6)10-4-7(12)2-3-8(10)11(14)16-18/h2-5,18H,1H3,(H2,14,16). The van der Waals surface area contributed by atoms with E-state index in [0.717, 1.165) is 0 Å². The van der Waals surface area contributed by atoms with Crippen molar-refractivity contribution in [2.24, 2.45) is 10.9 Å². The highest BCUT2D eigenvalue weighted by molar-refractivity contribution is 6.31. The summed E-state index contributed by atoms with van der Waals surface area (Å²) in [4.78, 5) is 0. The minimum Gasteiger partial charge on any atom is -0.409 e. The fourth-order valence-electron chi connectivity index (χ4n) is 1.53. The fourth-order valence-corrected chi connectivity index (χ4v) is 1.82. The quantitative estimate of drug-likeness (QED) is 0.385. The third-order valence-corrected chi connectivity index (χ3v) is 3.04. The van der Waals surface area contributed by atoms with E-state index >= 15 is 0 Å². The monoisotopic (exact) mass is 284 g/mol. The summed E-state index contributed by atoms with van der Waals surface area (Å²) in [6.45, 7) is 1.78. The van der Waals surface area contributed by atoms with Crippen molar-refractivity contribution in [1.29, 1.82) is 0 Å². The molecule has 0 aliphatic heterocycles. The number of rotatable bonds is 2. The van der Waals surface area contributed by atoms with Crippen LogP contribution in [-0.4, -0.2) is 20.8 Å². The van der Waals surface area contributed by atoms with Crippen LogP contribution in [0.1, 0.15) is 11.3 Å². The summed E-state index contributed by atoms with van der Waals surface area (Å²) in [5.41, 5.74) is 7.40. The van der Waals surface area contributed by atoms with Crippen molar-refractivity contribution >= 4 is 29.0 Å². The Bertz CT molecular complexity index is 602. The van der Waals surface area contributed by atoms with Gasteiger partial charge in [0.1, 0.15) is 0 Å². The highest BCUT2D eigenvalue weighted by Crippen LogP contribution is 2.22. The van der Waals surface area contributed by atoms with Crippen LogP contribution in [0.2, 0.25) is 10.0 Å². The van der Waals surface area contributed by atoms with Crippen LogP contribution in [0.4, 0.5) is 0 Å². The van der Waals surface area contributed by atoms with Gasteiger partial charge in [-0.1, -0.05) is 28.4 Å². The average molecular weight is 285 g/mol. The minimum atomic E-state index is -0.0223. The van der Waals surface area contributed by atoms with Gasteiger partial charge in [-0.2, -0.15) is 5.10 Å². The zero-order valence-electron chi connectivity index (χ0n) is 9.43. The molecule has 94 valence electrons. The number of benzene rings is 1. The maximum atomic E-state index is 8.76. The number of aromatic nitrogens is 2. The first-order valence-electron chi connectivity index (χ1n) is 5.02. The zero-order chi connectivity index (χ0) is 13.3. The molecule has 7 heteroatoms. The highest BCUT2D eigenvalue weighted by Gasteiger charge is 2.12. The summed E-state index contributed by atoms with van der Waals surface area (Å²) in [6, 6.07) is 4.96. The van der Waals surface area contributed by atoms with E-state index in [1.807, 2.05) is 0 Å². The first-order valence-corrected chi connectivity index (χ1v) is 5.78. The Hall–Kier alpha value is -1.72. The Morgan fingerprint density at radius 3 is 2.72 bits per heavy atom. The number of oxime groups is 1. The number of hydrogen-bond acceptors (Lipinski definition) is 3. The van der Waals surface area contributed by atoms with E-state index in [2.05, 4.69) is 10.3 Å². The summed E-state index contributed by atoms with van der Waals surface area (Å²) >= 11 is 11.9. The molecule has 0 unspecified atom stereocenters. The Labute approximate surface area is 113 Å². The third-order valence-electron chi connectivity index (χ3n) is 2.43. The summed E-state index contributed by atoms with van der Waals surface area (Å²) in [5.74, 6) is -0.0223. The molecule has 0 bridgehead atoms. The minimum absolute atomic E-state index is 0.0223. The molecule has 2 aromatic rings. The van der Waals surface area contributed by atoms with E-state index in [4.69, 9.17) is 34.1 Å². The summed E-state index contributed by atoms with van der Waals surface area (Å²) < 4.78 is 1.54. The van der Waals surface area contributed by atoms with E-state index in [1.54, 1.807) is 31.3 Å². The molecule has 5 nitrogen and oxygen atoms in total. The van der Waals surface area contributed by atoms with Gasteiger partial charge in [-0.15, -0.1) is 0 Å². The zero-order valence-corrected chi connectivity index (χ0v) is 10.9. The van der Waals surface area contributed by atoms with E-state index in [9.17, 15) is 0 Å². The smallest absolute Gasteiger partial charge is 0.172 e. The molecule has 1 aromatic carbocycles. The van der Waals surface area contributed by atoms with Gasteiger partial charge >= 0.3 is 0 Å². The maximum Gasteiger partial charge on any atom is 0.172 e. The van der Waals surface area contributed by atoms with Crippen molar-refractivity contribution in [2.75, 3.05) is 0 Å².